The minimum Gasteiger partial charge on any atom is -0.354 e. The SMILES string of the molecule is CCCNC(=O)C(C)N(Cc1cccc(C)c1)C(=O)CN(c1cc(Cl)ccc1C)S(=O)(=O)c1ccccc1. The molecule has 3 aromatic rings. The minimum atomic E-state index is -4.14. The average Bonchev–Trinajstić information content (AvgIpc) is 2.90. The Kier molecular flexibility index (Phi) is 9.94. The Hall–Kier alpha value is -3.36. The Morgan fingerprint density at radius 2 is 1.68 bits per heavy atom. The van der Waals surface area contributed by atoms with Gasteiger partial charge in [0, 0.05) is 18.1 Å². The van der Waals surface area contributed by atoms with Crippen molar-refractivity contribution in [1.82, 2.24) is 10.2 Å². The molecule has 1 N–H and O–H groups in total. The van der Waals surface area contributed by atoms with Gasteiger partial charge in [-0.15, -0.1) is 0 Å². The Balaban J connectivity index is 2.05. The maximum atomic E-state index is 13.9. The Bertz CT molecular complexity index is 1380. The fourth-order valence-corrected chi connectivity index (χ4v) is 5.73. The van der Waals surface area contributed by atoms with Crippen LogP contribution in [0.15, 0.2) is 77.7 Å². The van der Waals surface area contributed by atoms with Gasteiger partial charge in [0.2, 0.25) is 11.8 Å². The Morgan fingerprint density at radius 1 is 0.974 bits per heavy atom. The van der Waals surface area contributed by atoms with Gasteiger partial charge in [-0.2, -0.15) is 0 Å². The number of aryl methyl sites for hydroxylation is 2. The lowest BCUT2D eigenvalue weighted by Gasteiger charge is -2.32. The number of hydrogen-bond acceptors (Lipinski definition) is 4. The zero-order valence-electron chi connectivity index (χ0n) is 22.1. The predicted octanol–water partition coefficient (Wildman–Crippen LogP) is 5.10. The number of carbonyl (C=O) groups excluding carboxylic acids is 2. The summed E-state index contributed by atoms with van der Waals surface area (Å²) in [5.74, 6) is -0.811. The first-order chi connectivity index (χ1) is 18.0. The molecule has 0 aliphatic heterocycles. The molecular formula is C29H34ClN3O4S. The second kappa shape index (κ2) is 12.9. The van der Waals surface area contributed by atoms with Gasteiger partial charge < -0.3 is 10.2 Å². The molecule has 0 saturated carbocycles. The topological polar surface area (TPSA) is 86.8 Å². The van der Waals surface area contributed by atoms with E-state index in [1.54, 1.807) is 44.2 Å². The van der Waals surface area contributed by atoms with Crippen molar-refractivity contribution >= 4 is 39.1 Å². The van der Waals surface area contributed by atoms with Gasteiger partial charge in [0.1, 0.15) is 12.6 Å². The van der Waals surface area contributed by atoms with Crippen LogP contribution >= 0.6 is 11.6 Å². The van der Waals surface area contributed by atoms with Gasteiger partial charge in [-0.25, -0.2) is 8.42 Å². The predicted molar refractivity (Wildman–Crippen MR) is 152 cm³/mol. The number of amides is 2. The number of sulfonamides is 1. The third-order valence-electron chi connectivity index (χ3n) is 6.20. The molecule has 0 aromatic heterocycles. The first kappa shape index (κ1) is 29.2. The van der Waals surface area contributed by atoms with E-state index in [9.17, 15) is 18.0 Å². The summed E-state index contributed by atoms with van der Waals surface area (Å²) >= 11 is 6.25. The van der Waals surface area contributed by atoms with Crippen molar-refractivity contribution in [1.29, 1.82) is 0 Å². The number of nitrogens with zero attached hydrogens (tertiary/aromatic N) is 2. The van der Waals surface area contributed by atoms with Crippen LogP contribution in [0.1, 0.15) is 37.0 Å². The van der Waals surface area contributed by atoms with E-state index in [4.69, 9.17) is 11.6 Å². The zero-order chi connectivity index (χ0) is 27.9. The van der Waals surface area contributed by atoms with Crippen LogP contribution in [0.4, 0.5) is 5.69 Å². The van der Waals surface area contributed by atoms with E-state index in [1.807, 2.05) is 38.1 Å². The second-order valence-corrected chi connectivity index (χ2v) is 11.5. The fourth-order valence-electron chi connectivity index (χ4n) is 4.07. The van der Waals surface area contributed by atoms with Gasteiger partial charge in [0.05, 0.1) is 10.6 Å². The fraction of sp³-hybridized carbons (Fsp3) is 0.310. The summed E-state index contributed by atoms with van der Waals surface area (Å²) in [6.45, 7) is 7.42. The molecule has 0 fully saturated rings. The summed E-state index contributed by atoms with van der Waals surface area (Å²) in [5.41, 5.74) is 2.79. The minimum absolute atomic E-state index is 0.0474. The largest absolute Gasteiger partial charge is 0.354 e. The van der Waals surface area contributed by atoms with Crippen LogP contribution in [0, 0.1) is 13.8 Å². The molecule has 3 aromatic carbocycles. The van der Waals surface area contributed by atoms with Gasteiger partial charge in [-0.1, -0.05) is 72.6 Å². The second-order valence-electron chi connectivity index (χ2n) is 9.23. The molecule has 0 aliphatic rings. The first-order valence-corrected chi connectivity index (χ1v) is 14.3. The van der Waals surface area contributed by atoms with Crippen molar-refractivity contribution in [2.24, 2.45) is 0 Å². The lowest BCUT2D eigenvalue weighted by atomic mass is 10.1. The quantitative estimate of drug-likeness (QED) is 0.357. The van der Waals surface area contributed by atoms with Crippen molar-refractivity contribution in [2.75, 3.05) is 17.4 Å². The van der Waals surface area contributed by atoms with Crippen LogP contribution < -0.4 is 9.62 Å². The van der Waals surface area contributed by atoms with Crippen LogP contribution in [-0.4, -0.2) is 44.3 Å². The smallest absolute Gasteiger partial charge is 0.264 e. The van der Waals surface area contributed by atoms with E-state index in [0.29, 0.717) is 22.8 Å². The van der Waals surface area contributed by atoms with E-state index in [0.717, 1.165) is 21.9 Å². The van der Waals surface area contributed by atoms with E-state index in [1.165, 1.54) is 23.1 Å². The van der Waals surface area contributed by atoms with E-state index >= 15 is 0 Å². The van der Waals surface area contributed by atoms with Crippen LogP contribution in [0.3, 0.4) is 0 Å². The monoisotopic (exact) mass is 555 g/mol. The van der Waals surface area contributed by atoms with Gasteiger partial charge in [0.25, 0.3) is 10.0 Å². The van der Waals surface area contributed by atoms with Crippen LogP contribution in [0.5, 0.6) is 0 Å². The van der Waals surface area contributed by atoms with Crippen molar-refractivity contribution in [3.8, 4) is 0 Å². The normalized spacial score (nSPS) is 12.0. The highest BCUT2D eigenvalue weighted by atomic mass is 35.5. The third-order valence-corrected chi connectivity index (χ3v) is 8.21. The average molecular weight is 556 g/mol. The third kappa shape index (κ3) is 7.14. The highest BCUT2D eigenvalue weighted by Crippen LogP contribution is 2.30. The molecule has 9 heteroatoms. The van der Waals surface area contributed by atoms with Crippen LogP contribution in [-0.2, 0) is 26.2 Å². The Labute approximate surface area is 230 Å². The van der Waals surface area contributed by atoms with Crippen LogP contribution in [0.2, 0.25) is 5.02 Å². The number of benzene rings is 3. The van der Waals surface area contributed by atoms with Gasteiger partial charge in [-0.3, -0.25) is 13.9 Å². The number of carbonyl (C=O) groups is 2. The van der Waals surface area contributed by atoms with Crippen molar-refractivity contribution in [3.63, 3.8) is 0 Å². The molecule has 0 radical (unpaired) electrons. The standard InChI is InChI=1S/C29H34ClN3O4S/c1-5-16-31-29(35)23(4)32(19-24-11-9-10-21(2)17-24)28(34)20-33(27-18-25(30)15-14-22(27)3)38(36,37)26-12-7-6-8-13-26/h6-15,17-18,23H,5,16,19-20H2,1-4H3,(H,31,35). The molecular weight excluding hydrogens is 522 g/mol. The molecule has 1 atom stereocenters. The summed E-state index contributed by atoms with van der Waals surface area (Å²) in [7, 11) is -4.14. The van der Waals surface area contributed by atoms with Crippen molar-refractivity contribution in [3.05, 3.63) is 94.5 Å². The molecule has 7 nitrogen and oxygen atoms in total. The van der Waals surface area contributed by atoms with E-state index < -0.39 is 28.5 Å². The van der Waals surface area contributed by atoms with Crippen LogP contribution in [0.25, 0.3) is 0 Å². The molecule has 0 heterocycles. The molecule has 3 rings (SSSR count). The molecule has 0 saturated heterocycles. The lowest BCUT2D eigenvalue weighted by molar-refractivity contribution is -0.139. The molecule has 0 spiro atoms. The number of rotatable bonds is 11. The molecule has 0 aliphatic carbocycles. The van der Waals surface area contributed by atoms with Gasteiger partial charge >= 0.3 is 0 Å². The van der Waals surface area contributed by atoms with Gasteiger partial charge in [0.15, 0.2) is 0 Å². The number of hydrogen-bond donors (Lipinski definition) is 1. The van der Waals surface area contributed by atoms with E-state index in [2.05, 4.69) is 5.32 Å². The van der Waals surface area contributed by atoms with Crippen molar-refractivity contribution in [2.45, 2.75) is 51.6 Å². The first-order valence-electron chi connectivity index (χ1n) is 12.5. The summed E-state index contributed by atoms with van der Waals surface area (Å²) < 4.78 is 28.7. The zero-order valence-corrected chi connectivity index (χ0v) is 23.7. The number of halogens is 1. The molecule has 2 amide bonds. The van der Waals surface area contributed by atoms with E-state index in [-0.39, 0.29) is 17.3 Å². The summed E-state index contributed by atoms with van der Waals surface area (Å²) in [5, 5.41) is 3.18. The molecule has 1 unspecified atom stereocenters. The molecule has 38 heavy (non-hydrogen) atoms. The number of anilines is 1. The summed E-state index contributed by atoms with van der Waals surface area (Å²) in [6.07, 6.45) is 0.751. The Morgan fingerprint density at radius 3 is 2.34 bits per heavy atom. The highest BCUT2D eigenvalue weighted by Gasteiger charge is 2.33. The highest BCUT2D eigenvalue weighted by molar-refractivity contribution is 7.92. The summed E-state index contributed by atoms with van der Waals surface area (Å²) in [6, 6.07) is 19.7. The summed E-state index contributed by atoms with van der Waals surface area (Å²) in [4.78, 5) is 28.3. The molecule has 202 valence electrons. The lowest BCUT2D eigenvalue weighted by Crippen LogP contribution is -2.51. The van der Waals surface area contributed by atoms with Gasteiger partial charge in [-0.05, 0) is 62.6 Å². The maximum Gasteiger partial charge on any atom is 0.264 e. The number of nitrogens with one attached hydrogen (secondary N) is 1. The van der Waals surface area contributed by atoms with Crippen molar-refractivity contribution < 1.29 is 18.0 Å². The molecule has 0 bridgehead atoms. The maximum absolute atomic E-state index is 13.9.